The molecule has 0 saturated heterocycles. The molecule has 3 N–H and O–H groups in total. The Morgan fingerprint density at radius 1 is 1.47 bits per heavy atom. The number of hydrogen-bond acceptors (Lipinski definition) is 3. The van der Waals surface area contributed by atoms with Crippen LogP contribution in [0.5, 0.6) is 0 Å². The molecule has 0 aromatic heterocycles. The van der Waals surface area contributed by atoms with E-state index in [1.807, 2.05) is 0 Å². The molecule has 0 heterocycles. The summed E-state index contributed by atoms with van der Waals surface area (Å²) in [6.45, 7) is 3.74. The first-order valence-corrected chi connectivity index (χ1v) is 5.77. The lowest BCUT2D eigenvalue weighted by molar-refractivity contribution is 0.103. The lowest BCUT2D eigenvalue weighted by atomic mass is 10.3. The van der Waals surface area contributed by atoms with Crippen LogP contribution in [0.15, 0.2) is 0 Å². The molecule has 0 aromatic rings. The van der Waals surface area contributed by atoms with Gasteiger partial charge >= 0.3 is 0 Å². The Hall–Kier alpha value is -0.610. The highest BCUT2D eigenvalue weighted by atomic mass is 16.5. The molecular weight excluding hydrogens is 190 g/mol. The van der Waals surface area contributed by atoms with Gasteiger partial charge in [0.2, 0.25) is 0 Å². The van der Waals surface area contributed by atoms with Crippen LogP contribution in [-0.4, -0.2) is 44.1 Å². The van der Waals surface area contributed by atoms with E-state index in [1.54, 1.807) is 0 Å². The van der Waals surface area contributed by atoms with Crippen LogP contribution in [0, 0.1) is 11.3 Å². The first kappa shape index (κ1) is 12.5. The zero-order chi connectivity index (χ0) is 11.1. The van der Waals surface area contributed by atoms with Crippen LogP contribution in [0.3, 0.4) is 0 Å². The quantitative estimate of drug-likeness (QED) is 0.342. The molecular formula is C11H23N3O. The average molecular weight is 213 g/mol. The van der Waals surface area contributed by atoms with E-state index in [2.05, 4.69) is 11.9 Å². The van der Waals surface area contributed by atoms with Crippen molar-refractivity contribution < 1.29 is 4.74 Å². The van der Waals surface area contributed by atoms with Gasteiger partial charge in [-0.05, 0) is 38.8 Å². The Kier molecular flexibility index (Phi) is 5.65. The van der Waals surface area contributed by atoms with Crippen LogP contribution in [-0.2, 0) is 4.74 Å². The Morgan fingerprint density at radius 3 is 2.80 bits per heavy atom. The summed E-state index contributed by atoms with van der Waals surface area (Å²) in [5, 5.41) is 7.10. The smallest absolute Gasteiger partial charge is 0.0905 e. The van der Waals surface area contributed by atoms with Gasteiger partial charge in [-0.15, -0.1) is 0 Å². The molecule has 4 nitrogen and oxygen atoms in total. The monoisotopic (exact) mass is 213 g/mol. The maximum absolute atomic E-state index is 7.10. The molecule has 0 bridgehead atoms. The van der Waals surface area contributed by atoms with Gasteiger partial charge in [-0.2, -0.15) is 0 Å². The highest BCUT2D eigenvalue weighted by Crippen LogP contribution is 2.28. The number of ether oxygens (including phenoxy) is 1. The van der Waals surface area contributed by atoms with Crippen molar-refractivity contribution in [1.82, 2.24) is 4.90 Å². The van der Waals surface area contributed by atoms with Crippen molar-refractivity contribution in [3.63, 3.8) is 0 Å². The molecule has 0 unspecified atom stereocenters. The van der Waals surface area contributed by atoms with Gasteiger partial charge in [0, 0.05) is 19.6 Å². The normalized spacial score (nSPS) is 15.9. The van der Waals surface area contributed by atoms with Crippen molar-refractivity contribution in [2.45, 2.75) is 25.7 Å². The van der Waals surface area contributed by atoms with Gasteiger partial charge in [-0.25, -0.2) is 0 Å². The largest absolute Gasteiger partial charge is 0.388 e. The first-order valence-electron chi connectivity index (χ1n) is 5.77. The van der Waals surface area contributed by atoms with Gasteiger partial charge in [-0.1, -0.05) is 0 Å². The van der Waals surface area contributed by atoms with Crippen molar-refractivity contribution in [2.75, 3.05) is 33.4 Å². The molecule has 4 heteroatoms. The predicted octanol–water partition coefficient (Wildman–Crippen LogP) is 1.06. The number of rotatable bonds is 9. The van der Waals surface area contributed by atoms with E-state index in [0.717, 1.165) is 38.6 Å². The van der Waals surface area contributed by atoms with E-state index < -0.39 is 0 Å². The van der Waals surface area contributed by atoms with E-state index in [4.69, 9.17) is 15.9 Å². The minimum absolute atomic E-state index is 0.286. The van der Waals surface area contributed by atoms with Crippen LogP contribution >= 0.6 is 0 Å². The fraction of sp³-hybridized carbons (Fsp3) is 0.909. The summed E-state index contributed by atoms with van der Waals surface area (Å²) in [4.78, 5) is 2.23. The van der Waals surface area contributed by atoms with Crippen molar-refractivity contribution >= 4 is 5.84 Å². The fourth-order valence-electron chi connectivity index (χ4n) is 1.41. The standard InChI is InChI=1S/C11H23N3O/c1-14(6-2-3-11(12)13)7-8-15-9-10-4-5-10/h10H,2-9H2,1H3,(H3,12,13). The zero-order valence-corrected chi connectivity index (χ0v) is 9.67. The molecule has 0 amide bonds. The van der Waals surface area contributed by atoms with Crippen LogP contribution in [0.2, 0.25) is 0 Å². The van der Waals surface area contributed by atoms with Crippen LogP contribution in [0.4, 0.5) is 0 Å². The molecule has 0 spiro atoms. The molecule has 1 rings (SSSR count). The molecule has 1 aliphatic rings. The summed E-state index contributed by atoms with van der Waals surface area (Å²) in [6.07, 6.45) is 4.38. The van der Waals surface area contributed by atoms with Crippen molar-refractivity contribution in [3.8, 4) is 0 Å². The highest BCUT2D eigenvalue weighted by Gasteiger charge is 2.20. The molecule has 0 aliphatic heterocycles. The Labute approximate surface area is 92.3 Å². The first-order chi connectivity index (χ1) is 7.18. The summed E-state index contributed by atoms with van der Waals surface area (Å²) in [6, 6.07) is 0. The van der Waals surface area contributed by atoms with Gasteiger partial charge in [0.15, 0.2) is 0 Å². The van der Waals surface area contributed by atoms with Gasteiger partial charge in [0.05, 0.1) is 12.4 Å². The van der Waals surface area contributed by atoms with E-state index in [9.17, 15) is 0 Å². The third-order valence-corrected chi connectivity index (χ3v) is 2.65. The van der Waals surface area contributed by atoms with Gasteiger partial charge < -0.3 is 15.4 Å². The maximum Gasteiger partial charge on any atom is 0.0905 e. The lowest BCUT2D eigenvalue weighted by Gasteiger charge is -2.16. The second-order valence-corrected chi connectivity index (χ2v) is 4.45. The van der Waals surface area contributed by atoms with E-state index in [0.29, 0.717) is 6.42 Å². The topological polar surface area (TPSA) is 62.3 Å². The third kappa shape index (κ3) is 7.33. The molecule has 1 saturated carbocycles. The van der Waals surface area contributed by atoms with E-state index in [1.165, 1.54) is 12.8 Å². The third-order valence-electron chi connectivity index (χ3n) is 2.65. The van der Waals surface area contributed by atoms with Crippen molar-refractivity contribution in [2.24, 2.45) is 11.7 Å². The maximum atomic E-state index is 7.10. The summed E-state index contributed by atoms with van der Waals surface area (Å²) < 4.78 is 5.55. The Morgan fingerprint density at radius 2 is 2.20 bits per heavy atom. The van der Waals surface area contributed by atoms with Crippen LogP contribution in [0.25, 0.3) is 0 Å². The molecule has 1 aliphatic carbocycles. The molecule has 0 aromatic carbocycles. The predicted molar refractivity (Wildman–Crippen MR) is 62.2 cm³/mol. The fourth-order valence-corrected chi connectivity index (χ4v) is 1.41. The molecule has 1 fully saturated rings. The minimum atomic E-state index is 0.286. The Balaban J connectivity index is 1.83. The zero-order valence-electron chi connectivity index (χ0n) is 9.67. The molecule has 0 radical (unpaired) electrons. The number of nitrogens with two attached hydrogens (primary N) is 1. The lowest BCUT2D eigenvalue weighted by Crippen LogP contribution is -2.25. The number of nitrogens with zero attached hydrogens (tertiary/aromatic N) is 1. The summed E-state index contributed by atoms with van der Waals surface area (Å²) >= 11 is 0. The number of likely N-dealkylation sites (N-methyl/N-ethyl adjacent to an activating group) is 1. The summed E-state index contributed by atoms with van der Waals surface area (Å²) in [7, 11) is 2.08. The molecule has 15 heavy (non-hydrogen) atoms. The van der Waals surface area contributed by atoms with E-state index >= 15 is 0 Å². The molecule has 0 atom stereocenters. The summed E-state index contributed by atoms with van der Waals surface area (Å²) in [5.74, 6) is 1.14. The van der Waals surface area contributed by atoms with Gasteiger partial charge in [0.1, 0.15) is 0 Å². The summed E-state index contributed by atoms with van der Waals surface area (Å²) in [5.41, 5.74) is 5.28. The number of nitrogens with one attached hydrogen (secondary N) is 1. The second-order valence-electron chi connectivity index (χ2n) is 4.45. The van der Waals surface area contributed by atoms with E-state index in [-0.39, 0.29) is 5.84 Å². The SMILES string of the molecule is CN(CCCC(=N)N)CCOCC1CC1. The number of amidine groups is 1. The van der Waals surface area contributed by atoms with Crippen molar-refractivity contribution in [1.29, 1.82) is 5.41 Å². The van der Waals surface area contributed by atoms with Crippen LogP contribution in [0.1, 0.15) is 25.7 Å². The number of hydrogen-bond donors (Lipinski definition) is 2. The molecule has 88 valence electrons. The van der Waals surface area contributed by atoms with Gasteiger partial charge in [0.25, 0.3) is 0 Å². The van der Waals surface area contributed by atoms with Gasteiger partial charge in [-0.3, -0.25) is 5.41 Å². The minimum Gasteiger partial charge on any atom is -0.388 e. The average Bonchev–Trinajstić information content (AvgIpc) is 2.95. The van der Waals surface area contributed by atoms with Crippen LogP contribution < -0.4 is 5.73 Å². The highest BCUT2D eigenvalue weighted by molar-refractivity contribution is 5.76. The Bertz CT molecular complexity index is 192. The second kappa shape index (κ2) is 6.80. The van der Waals surface area contributed by atoms with Crippen molar-refractivity contribution in [3.05, 3.63) is 0 Å².